The second-order valence-corrected chi connectivity index (χ2v) is 4.42. The van der Waals surface area contributed by atoms with E-state index in [4.69, 9.17) is 5.73 Å². The van der Waals surface area contributed by atoms with Crippen LogP contribution in [0.15, 0.2) is 24.3 Å². The summed E-state index contributed by atoms with van der Waals surface area (Å²) in [5.41, 5.74) is 6.64. The molecule has 0 spiro atoms. The molecule has 0 aliphatic heterocycles. The van der Waals surface area contributed by atoms with Crippen molar-refractivity contribution < 1.29 is 9.59 Å². The van der Waals surface area contributed by atoms with Gasteiger partial charge in [0.2, 0.25) is 5.91 Å². The number of nitrogens with one attached hydrogen (secondary N) is 2. The Hall–Kier alpha value is -2.04. The first-order chi connectivity index (χ1) is 9.06. The minimum atomic E-state index is -0.588. The van der Waals surface area contributed by atoms with E-state index in [0.29, 0.717) is 12.2 Å². The Morgan fingerprint density at radius 3 is 2.21 bits per heavy atom. The van der Waals surface area contributed by atoms with Gasteiger partial charge in [0.05, 0.1) is 0 Å². The summed E-state index contributed by atoms with van der Waals surface area (Å²) in [6, 6.07) is 6.61. The molecule has 0 saturated carbocycles. The predicted octanol–water partition coefficient (Wildman–Crippen LogP) is 2.23. The lowest BCUT2D eigenvalue weighted by molar-refractivity contribution is -0.125. The Morgan fingerprint density at radius 2 is 1.74 bits per heavy atom. The average Bonchev–Trinajstić information content (AvgIpc) is 2.38. The summed E-state index contributed by atoms with van der Waals surface area (Å²) >= 11 is 0. The zero-order valence-electron chi connectivity index (χ0n) is 11.4. The maximum atomic E-state index is 11.8. The third-order valence-electron chi connectivity index (χ3n) is 3.04. The fourth-order valence-corrected chi connectivity index (χ4v) is 1.84. The van der Waals surface area contributed by atoms with Gasteiger partial charge in [-0.3, -0.25) is 4.79 Å². The zero-order valence-corrected chi connectivity index (χ0v) is 11.4. The molecule has 1 aromatic rings. The van der Waals surface area contributed by atoms with Crippen LogP contribution in [0, 0.1) is 5.92 Å². The van der Waals surface area contributed by atoms with Crippen LogP contribution >= 0.6 is 0 Å². The molecule has 0 radical (unpaired) electrons. The quantitative estimate of drug-likeness (QED) is 0.735. The summed E-state index contributed by atoms with van der Waals surface area (Å²) in [6.45, 7) is 4.52. The van der Waals surface area contributed by atoms with Gasteiger partial charge in [-0.25, -0.2) is 4.79 Å². The number of rotatable bonds is 6. The Kier molecular flexibility index (Phi) is 5.85. The lowest BCUT2D eigenvalue weighted by Crippen LogP contribution is -2.29. The van der Waals surface area contributed by atoms with Gasteiger partial charge in [0.1, 0.15) is 0 Å². The number of amides is 3. The molecule has 5 nitrogen and oxygen atoms in total. The van der Waals surface area contributed by atoms with Crippen molar-refractivity contribution >= 4 is 17.6 Å². The molecule has 0 aliphatic rings. The summed E-state index contributed by atoms with van der Waals surface area (Å²) < 4.78 is 0. The van der Waals surface area contributed by atoms with E-state index in [1.807, 2.05) is 26.0 Å². The topological polar surface area (TPSA) is 84.2 Å². The summed E-state index contributed by atoms with van der Waals surface area (Å²) in [6.07, 6.45) is 1.70. The molecule has 0 unspecified atom stereocenters. The molecule has 1 aromatic carbocycles. The van der Waals surface area contributed by atoms with E-state index in [-0.39, 0.29) is 11.8 Å². The second-order valence-electron chi connectivity index (χ2n) is 4.42. The number of urea groups is 1. The number of carbonyl (C=O) groups is 2. The van der Waals surface area contributed by atoms with E-state index in [1.54, 1.807) is 12.1 Å². The Morgan fingerprint density at radius 1 is 1.16 bits per heavy atom. The van der Waals surface area contributed by atoms with Crippen LogP contribution < -0.4 is 16.4 Å². The lowest BCUT2D eigenvalue weighted by Gasteiger charge is -2.12. The Bertz CT molecular complexity index is 425. The lowest BCUT2D eigenvalue weighted by atomic mass is 10.0. The molecule has 0 aliphatic carbocycles. The van der Waals surface area contributed by atoms with Gasteiger partial charge >= 0.3 is 6.03 Å². The zero-order chi connectivity index (χ0) is 14.3. The second kappa shape index (κ2) is 7.41. The normalized spacial score (nSPS) is 10.3. The number of hydrogen-bond acceptors (Lipinski definition) is 2. The highest BCUT2D eigenvalue weighted by Gasteiger charge is 2.13. The van der Waals surface area contributed by atoms with E-state index in [1.165, 1.54) is 0 Å². The van der Waals surface area contributed by atoms with Gasteiger partial charge in [-0.15, -0.1) is 0 Å². The van der Waals surface area contributed by atoms with Gasteiger partial charge in [0, 0.05) is 18.2 Å². The first-order valence-electron chi connectivity index (χ1n) is 6.49. The van der Waals surface area contributed by atoms with Crippen LogP contribution in [0.4, 0.5) is 10.5 Å². The van der Waals surface area contributed by atoms with E-state index < -0.39 is 6.03 Å². The Balaban J connectivity index is 2.50. The highest BCUT2D eigenvalue weighted by atomic mass is 16.2. The van der Waals surface area contributed by atoms with Gasteiger partial charge < -0.3 is 16.4 Å². The summed E-state index contributed by atoms with van der Waals surface area (Å²) in [5, 5.41) is 5.40. The fraction of sp³-hybridized carbons (Fsp3) is 0.429. The molecule has 4 N–H and O–H groups in total. The number of carbonyl (C=O) groups excluding carboxylic acids is 2. The van der Waals surface area contributed by atoms with Crippen molar-refractivity contribution in [1.82, 2.24) is 5.32 Å². The van der Waals surface area contributed by atoms with Crippen LogP contribution in [0.3, 0.4) is 0 Å². The van der Waals surface area contributed by atoms with E-state index in [0.717, 1.165) is 18.4 Å². The monoisotopic (exact) mass is 263 g/mol. The van der Waals surface area contributed by atoms with Crippen LogP contribution in [0.1, 0.15) is 32.3 Å². The SMILES string of the molecule is CCC(CC)C(=O)NCc1ccc(NC(N)=O)cc1. The van der Waals surface area contributed by atoms with Gasteiger partial charge in [-0.05, 0) is 30.5 Å². The highest BCUT2D eigenvalue weighted by molar-refractivity contribution is 5.87. The number of hydrogen-bond donors (Lipinski definition) is 3. The maximum Gasteiger partial charge on any atom is 0.316 e. The van der Waals surface area contributed by atoms with Crippen molar-refractivity contribution in [3.8, 4) is 0 Å². The molecule has 1 rings (SSSR count). The molecule has 0 atom stereocenters. The largest absolute Gasteiger partial charge is 0.352 e. The van der Waals surface area contributed by atoms with Crippen LogP contribution in [0.25, 0.3) is 0 Å². The minimum Gasteiger partial charge on any atom is -0.352 e. The number of anilines is 1. The van der Waals surface area contributed by atoms with E-state index in [9.17, 15) is 9.59 Å². The van der Waals surface area contributed by atoms with Gasteiger partial charge in [0.25, 0.3) is 0 Å². The van der Waals surface area contributed by atoms with E-state index in [2.05, 4.69) is 10.6 Å². The number of primary amides is 1. The molecule has 0 bridgehead atoms. The third-order valence-corrected chi connectivity index (χ3v) is 3.04. The molecule has 5 heteroatoms. The van der Waals surface area contributed by atoms with Crippen LogP contribution in [-0.4, -0.2) is 11.9 Å². The molecular formula is C14H21N3O2. The fourth-order valence-electron chi connectivity index (χ4n) is 1.84. The first-order valence-corrected chi connectivity index (χ1v) is 6.49. The van der Waals surface area contributed by atoms with Gasteiger partial charge in [0.15, 0.2) is 0 Å². The van der Waals surface area contributed by atoms with Crippen molar-refractivity contribution in [3.05, 3.63) is 29.8 Å². The molecule has 0 aromatic heterocycles. The van der Waals surface area contributed by atoms with Crippen molar-refractivity contribution in [2.75, 3.05) is 5.32 Å². The molecule has 0 saturated heterocycles. The summed E-state index contributed by atoms with van der Waals surface area (Å²) in [5.74, 6) is 0.167. The van der Waals surface area contributed by atoms with Crippen LogP contribution in [0.5, 0.6) is 0 Å². The standard InChI is InChI=1S/C14H21N3O2/c1-3-11(4-2)13(18)16-9-10-5-7-12(8-6-10)17-14(15)19/h5-8,11H,3-4,9H2,1-2H3,(H,16,18)(H3,15,17,19). The molecule has 3 amide bonds. The van der Waals surface area contributed by atoms with Gasteiger partial charge in [-0.1, -0.05) is 26.0 Å². The minimum absolute atomic E-state index is 0.0794. The molecule has 0 fully saturated rings. The van der Waals surface area contributed by atoms with Crippen molar-refractivity contribution in [2.24, 2.45) is 11.7 Å². The number of benzene rings is 1. The van der Waals surface area contributed by atoms with Crippen LogP contribution in [-0.2, 0) is 11.3 Å². The maximum absolute atomic E-state index is 11.8. The van der Waals surface area contributed by atoms with Crippen molar-refractivity contribution in [2.45, 2.75) is 33.2 Å². The van der Waals surface area contributed by atoms with Crippen molar-refractivity contribution in [3.63, 3.8) is 0 Å². The van der Waals surface area contributed by atoms with E-state index >= 15 is 0 Å². The molecular weight excluding hydrogens is 242 g/mol. The first kappa shape index (κ1) is 15.0. The molecule has 104 valence electrons. The van der Waals surface area contributed by atoms with Gasteiger partial charge in [-0.2, -0.15) is 0 Å². The third kappa shape index (κ3) is 4.99. The smallest absolute Gasteiger partial charge is 0.316 e. The predicted molar refractivity (Wildman–Crippen MR) is 75.6 cm³/mol. The summed E-state index contributed by atoms with van der Waals surface area (Å²) in [7, 11) is 0. The highest BCUT2D eigenvalue weighted by Crippen LogP contribution is 2.10. The average molecular weight is 263 g/mol. The number of nitrogens with two attached hydrogens (primary N) is 1. The summed E-state index contributed by atoms with van der Waals surface area (Å²) in [4.78, 5) is 22.5. The van der Waals surface area contributed by atoms with Crippen molar-refractivity contribution in [1.29, 1.82) is 0 Å². The van der Waals surface area contributed by atoms with Crippen LogP contribution in [0.2, 0.25) is 0 Å². The Labute approximate surface area is 113 Å². The molecule has 19 heavy (non-hydrogen) atoms. The molecule has 0 heterocycles.